The third-order valence-electron chi connectivity index (χ3n) is 9.68. The minimum Gasteiger partial charge on any atom is -0.396 e. The molecule has 1 N–H and O–H groups in total. The Bertz CT molecular complexity index is 1200. The number of aryl methyl sites for hydroxylation is 1. The second-order valence-electron chi connectivity index (χ2n) is 12.2. The number of carbonyl (C=O) groups excluding carboxylic acids is 3. The lowest BCUT2D eigenvalue weighted by atomic mass is 9.64. The maximum absolute atomic E-state index is 14.9. The van der Waals surface area contributed by atoms with Crippen LogP contribution in [0.2, 0.25) is 5.02 Å². The standard InChI is InChI=1S/C34H48ClN3O5/c1-6-19-36(20-7-2)30(40)26-27-31(41)38(22-12-10-11-13-23-39)29(34(27)18-17-33(26,9-4)43-34)32(42)37(21-8-3)28-24(5)15-14-16-25(28)35/h6,8,14-16,26-27,29,39H,1,3,7,9-13,17-23H2,2,4-5H3/t26-,27-,29?,33+,34?/m0/s1. The second kappa shape index (κ2) is 14.0. The molecule has 2 bridgehead atoms. The largest absolute Gasteiger partial charge is 0.396 e. The molecule has 3 aliphatic rings. The van der Waals surface area contributed by atoms with Gasteiger partial charge in [-0.3, -0.25) is 14.4 Å². The van der Waals surface area contributed by atoms with E-state index in [1.165, 1.54) is 0 Å². The molecule has 1 spiro atoms. The Morgan fingerprint density at radius 1 is 1.12 bits per heavy atom. The summed E-state index contributed by atoms with van der Waals surface area (Å²) >= 11 is 6.68. The van der Waals surface area contributed by atoms with Crippen LogP contribution in [-0.2, 0) is 19.1 Å². The maximum atomic E-state index is 14.9. The highest BCUT2D eigenvalue weighted by Gasteiger charge is 2.79. The molecule has 9 heteroatoms. The molecule has 5 atom stereocenters. The summed E-state index contributed by atoms with van der Waals surface area (Å²) in [7, 11) is 0. The molecule has 0 aromatic heterocycles. The van der Waals surface area contributed by atoms with Gasteiger partial charge in [0.05, 0.1) is 28.1 Å². The number of hydrogen-bond donors (Lipinski definition) is 1. The van der Waals surface area contributed by atoms with Gasteiger partial charge in [0, 0.05) is 32.8 Å². The van der Waals surface area contributed by atoms with Crippen LogP contribution in [0.15, 0.2) is 43.5 Å². The lowest BCUT2D eigenvalue weighted by molar-refractivity contribution is -0.151. The van der Waals surface area contributed by atoms with E-state index >= 15 is 0 Å². The quantitative estimate of drug-likeness (QED) is 0.202. The summed E-state index contributed by atoms with van der Waals surface area (Å²) in [6.07, 6.45) is 8.89. The van der Waals surface area contributed by atoms with Gasteiger partial charge in [-0.25, -0.2) is 0 Å². The van der Waals surface area contributed by atoms with Crippen molar-refractivity contribution < 1.29 is 24.2 Å². The molecular weight excluding hydrogens is 566 g/mol. The number of aliphatic hydroxyl groups is 1. The number of amides is 3. The van der Waals surface area contributed by atoms with Crippen molar-refractivity contribution in [3.63, 3.8) is 0 Å². The third kappa shape index (κ3) is 5.78. The van der Waals surface area contributed by atoms with E-state index in [4.69, 9.17) is 16.3 Å². The average Bonchev–Trinajstić information content (AvgIpc) is 3.59. The molecule has 0 radical (unpaired) electrons. The normalized spacial score (nSPS) is 27.3. The zero-order chi connectivity index (χ0) is 31.4. The number of carbonyl (C=O) groups is 3. The Morgan fingerprint density at radius 3 is 2.47 bits per heavy atom. The molecule has 0 saturated carbocycles. The van der Waals surface area contributed by atoms with Crippen molar-refractivity contribution >= 4 is 35.0 Å². The van der Waals surface area contributed by atoms with Crippen molar-refractivity contribution in [2.24, 2.45) is 11.8 Å². The molecule has 3 amide bonds. The Labute approximate surface area is 261 Å². The Morgan fingerprint density at radius 2 is 1.84 bits per heavy atom. The van der Waals surface area contributed by atoms with Gasteiger partial charge in [0.1, 0.15) is 11.6 Å². The molecule has 4 rings (SSSR count). The van der Waals surface area contributed by atoms with Crippen LogP contribution in [0.4, 0.5) is 5.69 Å². The molecule has 43 heavy (non-hydrogen) atoms. The van der Waals surface area contributed by atoms with Crippen molar-refractivity contribution in [3.05, 3.63) is 54.1 Å². The number of hydrogen-bond acceptors (Lipinski definition) is 5. The number of ether oxygens (including phenoxy) is 1. The molecule has 3 saturated heterocycles. The van der Waals surface area contributed by atoms with E-state index in [0.29, 0.717) is 62.4 Å². The van der Waals surface area contributed by atoms with Crippen LogP contribution in [-0.4, -0.2) is 82.7 Å². The van der Waals surface area contributed by atoms with Crippen LogP contribution in [0, 0.1) is 18.8 Å². The van der Waals surface area contributed by atoms with Crippen molar-refractivity contribution in [2.75, 3.05) is 37.7 Å². The van der Waals surface area contributed by atoms with E-state index in [1.54, 1.807) is 32.9 Å². The number of para-hydroxylation sites is 1. The number of benzene rings is 1. The third-order valence-corrected chi connectivity index (χ3v) is 9.98. The van der Waals surface area contributed by atoms with Gasteiger partial charge in [-0.1, -0.05) is 62.6 Å². The monoisotopic (exact) mass is 613 g/mol. The lowest BCUT2D eigenvalue weighted by Gasteiger charge is -2.37. The van der Waals surface area contributed by atoms with Gasteiger partial charge in [0.15, 0.2) is 0 Å². The number of anilines is 1. The number of unbranched alkanes of at least 4 members (excludes halogenated alkanes) is 3. The fraction of sp³-hybridized carbons (Fsp3) is 0.618. The van der Waals surface area contributed by atoms with Gasteiger partial charge in [-0.15, -0.1) is 13.2 Å². The molecule has 3 fully saturated rings. The van der Waals surface area contributed by atoms with Crippen LogP contribution in [0.5, 0.6) is 0 Å². The molecule has 1 aromatic rings. The highest BCUT2D eigenvalue weighted by molar-refractivity contribution is 6.34. The molecule has 236 valence electrons. The zero-order valence-corrected chi connectivity index (χ0v) is 26.8. The van der Waals surface area contributed by atoms with Crippen molar-refractivity contribution in [3.8, 4) is 0 Å². The van der Waals surface area contributed by atoms with E-state index in [2.05, 4.69) is 13.2 Å². The van der Waals surface area contributed by atoms with Crippen LogP contribution in [0.1, 0.15) is 70.8 Å². The summed E-state index contributed by atoms with van der Waals surface area (Å²) in [4.78, 5) is 48.8. The van der Waals surface area contributed by atoms with Gasteiger partial charge >= 0.3 is 0 Å². The first-order valence-corrected chi connectivity index (χ1v) is 16.2. The number of nitrogens with zero attached hydrogens (tertiary/aromatic N) is 3. The van der Waals surface area contributed by atoms with Crippen molar-refractivity contribution in [1.29, 1.82) is 0 Å². The van der Waals surface area contributed by atoms with Crippen LogP contribution in [0.25, 0.3) is 0 Å². The number of halogens is 1. The Balaban J connectivity index is 1.81. The minimum absolute atomic E-state index is 0.0931. The predicted molar refractivity (Wildman–Crippen MR) is 170 cm³/mol. The van der Waals surface area contributed by atoms with Crippen LogP contribution < -0.4 is 4.90 Å². The molecule has 8 nitrogen and oxygen atoms in total. The van der Waals surface area contributed by atoms with Crippen LogP contribution >= 0.6 is 11.6 Å². The number of fused-ring (bicyclic) bond motifs is 1. The summed E-state index contributed by atoms with van der Waals surface area (Å²) in [6, 6.07) is 4.61. The first kappa shape index (κ1) is 33.2. The smallest absolute Gasteiger partial charge is 0.253 e. The fourth-order valence-corrected chi connectivity index (χ4v) is 8.13. The summed E-state index contributed by atoms with van der Waals surface area (Å²) in [6.45, 7) is 15.4. The number of aliphatic hydroxyl groups excluding tert-OH is 1. The minimum atomic E-state index is -1.11. The van der Waals surface area contributed by atoms with E-state index in [1.807, 2.05) is 32.9 Å². The number of rotatable bonds is 16. The number of likely N-dealkylation sites (tertiary alicyclic amines) is 1. The maximum Gasteiger partial charge on any atom is 0.253 e. The average molecular weight is 614 g/mol. The van der Waals surface area contributed by atoms with E-state index < -0.39 is 29.1 Å². The Kier molecular flexibility index (Phi) is 10.8. The lowest BCUT2D eigenvalue weighted by Crippen LogP contribution is -2.56. The molecule has 3 heterocycles. The van der Waals surface area contributed by atoms with Crippen molar-refractivity contribution in [2.45, 2.75) is 89.4 Å². The predicted octanol–water partition coefficient (Wildman–Crippen LogP) is 5.30. The molecular formula is C34H48ClN3O5. The molecule has 1 aromatic carbocycles. The highest BCUT2D eigenvalue weighted by Crippen LogP contribution is 2.64. The van der Waals surface area contributed by atoms with Gasteiger partial charge in [-0.2, -0.15) is 0 Å². The van der Waals surface area contributed by atoms with Gasteiger partial charge in [-0.05, 0) is 57.1 Å². The van der Waals surface area contributed by atoms with Gasteiger partial charge in [0.25, 0.3) is 5.91 Å². The first-order valence-electron chi connectivity index (χ1n) is 15.9. The summed E-state index contributed by atoms with van der Waals surface area (Å²) in [5.41, 5.74) is -0.489. The van der Waals surface area contributed by atoms with E-state index in [9.17, 15) is 19.5 Å². The summed E-state index contributed by atoms with van der Waals surface area (Å²) in [5, 5.41) is 9.68. The molecule has 3 aliphatic heterocycles. The Hall–Kier alpha value is -2.68. The van der Waals surface area contributed by atoms with E-state index in [-0.39, 0.29) is 30.9 Å². The molecule has 0 aliphatic carbocycles. The molecule has 2 unspecified atom stereocenters. The summed E-state index contributed by atoms with van der Waals surface area (Å²) in [5.74, 6) is -1.96. The van der Waals surface area contributed by atoms with E-state index in [0.717, 1.165) is 24.8 Å². The zero-order valence-electron chi connectivity index (χ0n) is 26.0. The van der Waals surface area contributed by atoms with Crippen molar-refractivity contribution in [1.82, 2.24) is 9.80 Å². The SMILES string of the molecule is C=CCN(CCC)C(=O)[C@@H]1[C@H]2C(=O)N(CCCCCCO)C(C(=O)N(CC=C)c3c(C)cccc3Cl)C23CC[C@@]1(CC)O3. The summed E-state index contributed by atoms with van der Waals surface area (Å²) < 4.78 is 6.99. The van der Waals surface area contributed by atoms with Crippen LogP contribution in [0.3, 0.4) is 0 Å². The van der Waals surface area contributed by atoms with Gasteiger partial charge in [0.2, 0.25) is 11.8 Å². The fourth-order valence-electron chi connectivity index (χ4n) is 7.81. The highest BCUT2D eigenvalue weighted by atomic mass is 35.5. The van der Waals surface area contributed by atoms with Gasteiger partial charge < -0.3 is 24.5 Å². The topological polar surface area (TPSA) is 90.4 Å². The first-order chi connectivity index (χ1) is 20.7. The second-order valence-corrected chi connectivity index (χ2v) is 12.6.